The average Bonchev–Trinajstić information content (AvgIpc) is 3.19. The van der Waals surface area contributed by atoms with Gasteiger partial charge >= 0.3 is 0 Å². The van der Waals surface area contributed by atoms with E-state index < -0.39 is 0 Å². The third-order valence-corrected chi connectivity index (χ3v) is 7.89. The first kappa shape index (κ1) is 18.0. The lowest BCUT2D eigenvalue weighted by Crippen LogP contribution is -1.86. The lowest BCUT2D eigenvalue weighted by molar-refractivity contribution is 0.575. The maximum Gasteiger partial charge on any atom is 0.0542 e. The van der Waals surface area contributed by atoms with Crippen LogP contribution < -0.4 is 0 Å². The largest absolute Gasteiger partial charge is 0.134 e. The molecule has 2 aromatic carbocycles. The van der Waals surface area contributed by atoms with Crippen LogP contribution in [0.3, 0.4) is 0 Å². The van der Waals surface area contributed by atoms with E-state index in [0.717, 1.165) is 0 Å². The van der Waals surface area contributed by atoms with Crippen molar-refractivity contribution in [2.75, 3.05) is 0 Å². The second kappa shape index (κ2) is 8.54. The second-order valence-corrected chi connectivity index (χ2v) is 9.52. The summed E-state index contributed by atoms with van der Waals surface area (Å²) in [5.41, 5.74) is 1.52. The molecule has 4 rings (SSSR count). The maximum absolute atomic E-state index is 2.45. The Morgan fingerprint density at radius 3 is 2.12 bits per heavy atom. The van der Waals surface area contributed by atoms with Gasteiger partial charge in [-0.3, -0.25) is 0 Å². The van der Waals surface area contributed by atoms with Crippen LogP contribution in [-0.4, -0.2) is 0 Å². The number of hydrogen-bond acceptors (Lipinski definition) is 2. The molecule has 0 radical (unpaired) electrons. The number of unbranched alkanes of at least 4 members (excludes halogenated alkanes) is 7. The molecule has 0 N–H and O–H groups in total. The number of fused-ring (bicyclic) bond motifs is 5. The Morgan fingerprint density at radius 1 is 0.654 bits per heavy atom. The fourth-order valence-electron chi connectivity index (χ4n) is 3.87. The van der Waals surface area contributed by atoms with Gasteiger partial charge in [-0.25, -0.2) is 0 Å². The zero-order valence-electron chi connectivity index (χ0n) is 15.7. The van der Waals surface area contributed by atoms with Crippen LogP contribution in [0.2, 0.25) is 0 Å². The molecule has 4 aromatic rings. The van der Waals surface area contributed by atoms with Crippen molar-refractivity contribution in [2.45, 2.75) is 64.7 Å². The predicted molar refractivity (Wildman–Crippen MR) is 121 cm³/mol. The summed E-state index contributed by atoms with van der Waals surface area (Å²) in [5, 5.41) is 2.88. The van der Waals surface area contributed by atoms with Crippen molar-refractivity contribution < 1.29 is 0 Å². The molecule has 0 spiro atoms. The van der Waals surface area contributed by atoms with Gasteiger partial charge < -0.3 is 0 Å². The van der Waals surface area contributed by atoms with Gasteiger partial charge in [-0.1, -0.05) is 82.2 Å². The highest BCUT2D eigenvalue weighted by Crippen LogP contribution is 2.44. The Balaban J connectivity index is 1.39. The van der Waals surface area contributed by atoms with E-state index in [4.69, 9.17) is 0 Å². The van der Waals surface area contributed by atoms with Crippen LogP contribution >= 0.6 is 22.7 Å². The summed E-state index contributed by atoms with van der Waals surface area (Å²) in [6, 6.07) is 16.0. The Hall–Kier alpha value is -1.38. The lowest BCUT2D eigenvalue weighted by Gasteiger charge is -2.03. The molecule has 0 atom stereocenters. The topological polar surface area (TPSA) is 0 Å². The van der Waals surface area contributed by atoms with Crippen molar-refractivity contribution >= 4 is 52.2 Å². The number of rotatable bonds is 9. The first-order valence-corrected chi connectivity index (χ1v) is 11.8. The second-order valence-electron chi connectivity index (χ2n) is 7.41. The maximum atomic E-state index is 2.45. The van der Waals surface area contributed by atoms with Crippen molar-refractivity contribution in [3.8, 4) is 0 Å². The van der Waals surface area contributed by atoms with Gasteiger partial charge in [0.05, 0.1) is 9.40 Å². The molecule has 0 bridgehead atoms. The molecule has 0 fully saturated rings. The van der Waals surface area contributed by atoms with Crippen LogP contribution in [0.15, 0.2) is 42.5 Å². The third kappa shape index (κ3) is 3.82. The van der Waals surface area contributed by atoms with E-state index in [9.17, 15) is 0 Å². The molecule has 0 aliphatic rings. The van der Waals surface area contributed by atoms with E-state index in [0.29, 0.717) is 0 Å². The Kier molecular flexibility index (Phi) is 5.91. The minimum absolute atomic E-state index is 1.23. The van der Waals surface area contributed by atoms with Crippen LogP contribution in [0.25, 0.3) is 29.6 Å². The number of benzene rings is 2. The van der Waals surface area contributed by atoms with Gasteiger partial charge in [0.15, 0.2) is 0 Å². The first-order chi connectivity index (χ1) is 12.9. The minimum Gasteiger partial charge on any atom is -0.134 e. The zero-order valence-corrected chi connectivity index (χ0v) is 17.4. The summed E-state index contributed by atoms with van der Waals surface area (Å²) in [5.74, 6) is 0. The monoisotopic (exact) mass is 380 g/mol. The molecule has 2 heteroatoms. The van der Waals surface area contributed by atoms with Gasteiger partial charge in [-0.05, 0) is 30.5 Å². The molecule has 0 saturated carbocycles. The molecule has 0 unspecified atom stereocenters. The molecule has 136 valence electrons. The van der Waals surface area contributed by atoms with Crippen molar-refractivity contribution in [2.24, 2.45) is 0 Å². The first-order valence-electron chi connectivity index (χ1n) is 10.2. The van der Waals surface area contributed by atoms with Crippen LogP contribution in [0.4, 0.5) is 0 Å². The molecule has 0 aliphatic carbocycles. The van der Waals surface area contributed by atoms with Gasteiger partial charge in [0.2, 0.25) is 0 Å². The predicted octanol–water partition coefficient (Wildman–Crippen LogP) is 8.95. The van der Waals surface area contributed by atoms with Crippen LogP contribution in [0.1, 0.15) is 63.9 Å². The number of hydrogen-bond donors (Lipinski definition) is 0. The van der Waals surface area contributed by atoms with Crippen molar-refractivity contribution in [3.63, 3.8) is 0 Å². The zero-order chi connectivity index (χ0) is 17.8. The minimum atomic E-state index is 1.23. The molecular formula is C24H28S2. The molecule has 0 nitrogen and oxygen atoms in total. The molecular weight excluding hydrogens is 352 g/mol. The summed E-state index contributed by atoms with van der Waals surface area (Å²) >= 11 is 3.92. The van der Waals surface area contributed by atoms with Crippen LogP contribution in [0, 0.1) is 0 Å². The fourth-order valence-corrected chi connectivity index (χ4v) is 6.58. The van der Waals surface area contributed by atoms with Crippen LogP contribution in [0.5, 0.6) is 0 Å². The van der Waals surface area contributed by atoms with Gasteiger partial charge in [0.1, 0.15) is 0 Å². The Morgan fingerprint density at radius 2 is 1.31 bits per heavy atom. The Bertz CT molecular complexity index is 989. The van der Waals surface area contributed by atoms with Crippen LogP contribution in [-0.2, 0) is 6.42 Å². The molecule has 0 amide bonds. The summed E-state index contributed by atoms with van der Waals surface area (Å²) in [4.78, 5) is 0. The molecule has 2 heterocycles. The van der Waals surface area contributed by atoms with Crippen molar-refractivity contribution in [3.05, 3.63) is 48.0 Å². The summed E-state index contributed by atoms with van der Waals surface area (Å²) in [6.45, 7) is 2.29. The highest BCUT2D eigenvalue weighted by atomic mass is 32.1. The Labute approximate surface area is 164 Å². The molecule has 26 heavy (non-hydrogen) atoms. The highest BCUT2D eigenvalue weighted by molar-refractivity contribution is 7.36. The van der Waals surface area contributed by atoms with Crippen molar-refractivity contribution in [1.82, 2.24) is 0 Å². The summed E-state index contributed by atoms with van der Waals surface area (Å²) in [6.07, 6.45) is 12.4. The number of thiophene rings is 2. The highest BCUT2D eigenvalue weighted by Gasteiger charge is 2.11. The molecule has 2 aromatic heterocycles. The smallest absolute Gasteiger partial charge is 0.0542 e. The van der Waals surface area contributed by atoms with E-state index in [1.807, 2.05) is 22.7 Å². The van der Waals surface area contributed by atoms with E-state index in [2.05, 4.69) is 49.4 Å². The summed E-state index contributed by atoms with van der Waals surface area (Å²) in [7, 11) is 0. The fraction of sp³-hybridized carbons (Fsp3) is 0.417. The average molecular weight is 381 g/mol. The van der Waals surface area contributed by atoms with Crippen molar-refractivity contribution in [1.29, 1.82) is 0 Å². The normalized spacial score (nSPS) is 11.9. The third-order valence-electron chi connectivity index (χ3n) is 5.37. The van der Waals surface area contributed by atoms with E-state index in [-0.39, 0.29) is 0 Å². The molecule has 0 aliphatic heterocycles. The number of aryl methyl sites for hydroxylation is 1. The van der Waals surface area contributed by atoms with E-state index >= 15 is 0 Å². The molecule has 0 saturated heterocycles. The van der Waals surface area contributed by atoms with Gasteiger partial charge in [-0.2, -0.15) is 0 Å². The van der Waals surface area contributed by atoms with Gasteiger partial charge in [-0.15, -0.1) is 22.7 Å². The SMILES string of the molecule is CCCCCCCCCCc1ccc2c(c1)sc1c3ccccc3sc21. The van der Waals surface area contributed by atoms with E-state index in [1.54, 1.807) is 0 Å². The standard InChI is InChI=1S/C24H28S2/c1-2-3-4-5-6-7-8-9-12-18-15-16-20-22(17-18)26-23-19-13-10-11-14-21(19)25-24(20)23/h10-11,13-17H,2-9,12H2,1H3. The van der Waals surface area contributed by atoms with E-state index in [1.165, 1.54) is 92.9 Å². The lowest BCUT2D eigenvalue weighted by atomic mass is 10.0. The van der Waals surface area contributed by atoms with Gasteiger partial charge in [0, 0.05) is 20.2 Å². The quantitative estimate of drug-likeness (QED) is 0.254. The summed E-state index contributed by atoms with van der Waals surface area (Å²) < 4.78 is 5.84. The van der Waals surface area contributed by atoms with Gasteiger partial charge in [0.25, 0.3) is 0 Å².